The Labute approximate surface area is 214 Å². The first kappa shape index (κ1) is 26.7. The normalized spacial score (nSPS) is 10.6. The molecule has 0 unspecified atom stereocenters. The lowest BCUT2D eigenvalue weighted by Gasteiger charge is -2.16. The van der Waals surface area contributed by atoms with Gasteiger partial charge < -0.3 is 20.8 Å². The third-order valence-electron chi connectivity index (χ3n) is 5.85. The Hall–Kier alpha value is -3.92. The third kappa shape index (κ3) is 5.33. The fraction of sp³-hybridized carbons (Fsp3) is 0.192. The number of aryl methyl sites for hydroxylation is 1. The summed E-state index contributed by atoms with van der Waals surface area (Å²) in [6.45, 7) is 0.197. The SMILES string of the molecule is COc1c(-c2ccc(-c3ccc(CCCCO)cc3)c(N)c2)nc2cc[n+]([O-])cc2c1C(=O)NO.Cl. The molecule has 4 rings (SSSR count). The molecule has 5 N–H and O–H groups in total. The minimum absolute atomic E-state index is 0. The molecule has 10 heteroatoms. The molecule has 1 amide bonds. The first-order valence-electron chi connectivity index (χ1n) is 11.1. The number of ether oxygens (including phenoxy) is 1. The van der Waals surface area contributed by atoms with E-state index in [0.717, 1.165) is 30.4 Å². The summed E-state index contributed by atoms with van der Waals surface area (Å²) in [6, 6.07) is 15.1. The van der Waals surface area contributed by atoms with Crippen molar-refractivity contribution >= 4 is 34.9 Å². The zero-order valence-electron chi connectivity index (χ0n) is 19.6. The van der Waals surface area contributed by atoms with Gasteiger partial charge in [0, 0.05) is 29.5 Å². The minimum Gasteiger partial charge on any atom is -0.619 e. The minimum atomic E-state index is -0.828. The van der Waals surface area contributed by atoms with Gasteiger partial charge in [0.25, 0.3) is 5.91 Å². The number of aliphatic hydroxyl groups excluding tert-OH is 1. The van der Waals surface area contributed by atoms with Crippen molar-refractivity contribution in [3.8, 4) is 28.1 Å². The molecule has 2 heterocycles. The van der Waals surface area contributed by atoms with Crippen LogP contribution >= 0.6 is 12.4 Å². The van der Waals surface area contributed by atoms with Gasteiger partial charge in [-0.25, -0.2) is 10.5 Å². The van der Waals surface area contributed by atoms with E-state index in [0.29, 0.717) is 27.2 Å². The van der Waals surface area contributed by atoms with Crippen molar-refractivity contribution < 1.29 is 24.6 Å². The number of nitrogens with one attached hydrogen (secondary N) is 1. The highest BCUT2D eigenvalue weighted by Gasteiger charge is 2.24. The molecule has 0 fully saturated rings. The molecule has 9 nitrogen and oxygen atoms in total. The van der Waals surface area contributed by atoms with Crippen LogP contribution < -0.4 is 20.7 Å². The number of fused-ring (bicyclic) bond motifs is 1. The fourth-order valence-corrected chi connectivity index (χ4v) is 4.11. The number of aromatic nitrogens is 2. The first-order chi connectivity index (χ1) is 17.0. The van der Waals surface area contributed by atoms with E-state index in [1.165, 1.54) is 31.1 Å². The van der Waals surface area contributed by atoms with Crippen LogP contribution in [0.4, 0.5) is 5.69 Å². The molecule has 0 radical (unpaired) electrons. The first-order valence-corrected chi connectivity index (χ1v) is 11.1. The van der Waals surface area contributed by atoms with Crippen molar-refractivity contribution in [3.05, 3.63) is 77.3 Å². The van der Waals surface area contributed by atoms with Crippen LogP contribution in [0.3, 0.4) is 0 Å². The number of benzene rings is 2. The maximum Gasteiger partial charge on any atom is 0.279 e. The number of aliphatic hydroxyl groups is 1. The highest BCUT2D eigenvalue weighted by atomic mass is 35.5. The number of rotatable bonds is 8. The lowest BCUT2D eigenvalue weighted by Crippen LogP contribution is -2.26. The van der Waals surface area contributed by atoms with Gasteiger partial charge in [-0.05, 0) is 36.5 Å². The Kier molecular flexibility index (Phi) is 8.65. The number of amides is 1. The predicted octanol–water partition coefficient (Wildman–Crippen LogP) is 3.65. The van der Waals surface area contributed by atoms with Crippen LogP contribution in [-0.2, 0) is 6.42 Å². The lowest BCUT2D eigenvalue weighted by molar-refractivity contribution is -0.603. The fourth-order valence-electron chi connectivity index (χ4n) is 4.11. The second kappa shape index (κ2) is 11.7. The highest BCUT2D eigenvalue weighted by molar-refractivity contribution is 6.09. The van der Waals surface area contributed by atoms with Gasteiger partial charge in [-0.1, -0.05) is 36.4 Å². The highest BCUT2D eigenvalue weighted by Crippen LogP contribution is 2.38. The Bertz CT molecular complexity index is 1380. The quantitative estimate of drug-likeness (QED) is 0.0706. The summed E-state index contributed by atoms with van der Waals surface area (Å²) in [5.74, 6) is -0.722. The number of hydrogen-bond acceptors (Lipinski definition) is 7. The number of pyridine rings is 2. The lowest BCUT2D eigenvalue weighted by atomic mass is 9.97. The Balaban J connectivity index is 0.00000361. The average molecular weight is 511 g/mol. The molecule has 0 spiro atoms. The topological polar surface area (TPSA) is 145 Å². The molecule has 0 atom stereocenters. The van der Waals surface area contributed by atoms with Crippen LogP contribution in [0.1, 0.15) is 28.8 Å². The van der Waals surface area contributed by atoms with Gasteiger partial charge in [-0.15, -0.1) is 12.4 Å². The Morgan fingerprint density at radius 1 is 1.14 bits per heavy atom. The van der Waals surface area contributed by atoms with Gasteiger partial charge in [-0.3, -0.25) is 10.0 Å². The largest absolute Gasteiger partial charge is 0.619 e. The van der Waals surface area contributed by atoms with Gasteiger partial charge in [0.2, 0.25) is 0 Å². The van der Waals surface area contributed by atoms with E-state index in [9.17, 15) is 15.2 Å². The summed E-state index contributed by atoms with van der Waals surface area (Å²) < 4.78 is 6.05. The summed E-state index contributed by atoms with van der Waals surface area (Å²) in [6.07, 6.45) is 5.08. The van der Waals surface area contributed by atoms with Crippen molar-refractivity contribution in [1.29, 1.82) is 0 Å². The van der Waals surface area contributed by atoms with Crippen molar-refractivity contribution in [1.82, 2.24) is 10.5 Å². The molecule has 2 aromatic heterocycles. The third-order valence-corrected chi connectivity index (χ3v) is 5.85. The van der Waals surface area contributed by atoms with E-state index in [-0.39, 0.29) is 35.7 Å². The van der Waals surface area contributed by atoms with E-state index in [1.807, 2.05) is 24.3 Å². The van der Waals surface area contributed by atoms with Crippen LogP contribution in [-0.4, -0.2) is 34.9 Å². The summed E-state index contributed by atoms with van der Waals surface area (Å²) in [7, 11) is 1.38. The molecule has 0 aliphatic heterocycles. The Morgan fingerprint density at radius 2 is 1.86 bits per heavy atom. The number of nitrogen functional groups attached to an aromatic ring is 1. The standard InChI is InChI=1S/C26H26N4O5.ClH/c1-35-25-23(26(32)29-33)20-15-30(34)12-11-22(20)28-24(25)18-9-10-19(21(27)14-18)17-7-5-16(6-8-17)4-2-3-13-31;/h5-12,14-15,31,33H,2-4,13,27H2,1H3,(H,29,32);1H. The van der Waals surface area contributed by atoms with Gasteiger partial charge in [0.1, 0.15) is 11.3 Å². The van der Waals surface area contributed by atoms with Gasteiger partial charge in [0.15, 0.2) is 18.1 Å². The molecule has 0 saturated carbocycles. The van der Waals surface area contributed by atoms with Gasteiger partial charge in [0.05, 0.1) is 18.0 Å². The molecule has 0 aliphatic carbocycles. The van der Waals surface area contributed by atoms with Crippen LogP contribution in [0.15, 0.2) is 60.9 Å². The molecule has 0 bridgehead atoms. The van der Waals surface area contributed by atoms with Crippen molar-refractivity contribution in [2.75, 3.05) is 19.5 Å². The molecule has 36 heavy (non-hydrogen) atoms. The number of nitrogens with two attached hydrogens (primary N) is 1. The second-order valence-electron chi connectivity index (χ2n) is 8.09. The van der Waals surface area contributed by atoms with Gasteiger partial charge in [-0.2, -0.15) is 4.73 Å². The van der Waals surface area contributed by atoms with E-state index in [4.69, 9.17) is 15.6 Å². The zero-order chi connectivity index (χ0) is 24.9. The van der Waals surface area contributed by atoms with Gasteiger partial charge >= 0.3 is 0 Å². The summed E-state index contributed by atoms with van der Waals surface area (Å²) in [5.41, 5.74) is 12.9. The van der Waals surface area contributed by atoms with Crippen molar-refractivity contribution in [2.45, 2.75) is 19.3 Å². The summed E-state index contributed by atoms with van der Waals surface area (Å²) in [5, 5.41) is 30.3. The summed E-state index contributed by atoms with van der Waals surface area (Å²) >= 11 is 0. The number of halogens is 1. The Morgan fingerprint density at radius 3 is 2.50 bits per heavy atom. The average Bonchev–Trinajstić information content (AvgIpc) is 2.87. The van der Waals surface area contributed by atoms with Crippen LogP contribution in [0.25, 0.3) is 33.3 Å². The van der Waals surface area contributed by atoms with E-state index < -0.39 is 5.91 Å². The molecule has 0 aliphatic rings. The monoisotopic (exact) mass is 510 g/mol. The number of unbranched alkanes of at least 4 members (excludes halogenated alkanes) is 1. The number of methoxy groups -OCH3 is 1. The van der Waals surface area contributed by atoms with Crippen LogP contribution in [0, 0.1) is 5.21 Å². The van der Waals surface area contributed by atoms with Crippen LogP contribution in [0.2, 0.25) is 0 Å². The molecular weight excluding hydrogens is 484 g/mol. The number of hydrogen-bond donors (Lipinski definition) is 4. The van der Waals surface area contributed by atoms with E-state index in [2.05, 4.69) is 17.1 Å². The number of nitrogens with zero attached hydrogens (tertiary/aromatic N) is 2. The van der Waals surface area contributed by atoms with E-state index in [1.54, 1.807) is 11.5 Å². The maximum absolute atomic E-state index is 12.5. The zero-order valence-corrected chi connectivity index (χ0v) is 20.4. The van der Waals surface area contributed by atoms with E-state index >= 15 is 0 Å². The number of anilines is 1. The molecule has 2 aromatic carbocycles. The van der Waals surface area contributed by atoms with Crippen molar-refractivity contribution in [3.63, 3.8) is 0 Å². The number of carbonyl (C=O) groups is 1. The second-order valence-corrected chi connectivity index (χ2v) is 8.09. The number of carbonyl (C=O) groups excluding carboxylic acids is 1. The molecule has 188 valence electrons. The van der Waals surface area contributed by atoms with Crippen LogP contribution in [0.5, 0.6) is 5.75 Å². The predicted molar refractivity (Wildman–Crippen MR) is 139 cm³/mol. The smallest absolute Gasteiger partial charge is 0.279 e. The maximum atomic E-state index is 12.5. The summed E-state index contributed by atoms with van der Waals surface area (Å²) in [4.78, 5) is 17.1. The molecule has 0 saturated heterocycles. The molecular formula is C26H27ClN4O5. The molecule has 4 aromatic rings. The number of hydroxylamine groups is 1. The van der Waals surface area contributed by atoms with Crippen molar-refractivity contribution in [2.24, 2.45) is 0 Å².